The monoisotopic (exact) mass is 287 g/mol. The Bertz CT molecular complexity index is 585. The van der Waals surface area contributed by atoms with E-state index in [0.29, 0.717) is 0 Å². The van der Waals surface area contributed by atoms with Crippen LogP contribution in [-0.2, 0) is 0 Å². The molecular formula is C16H21N3S. The number of thiazole rings is 1. The number of pyridine rings is 1. The summed E-state index contributed by atoms with van der Waals surface area (Å²) < 4.78 is 0. The van der Waals surface area contributed by atoms with E-state index < -0.39 is 0 Å². The first-order valence-corrected chi connectivity index (χ1v) is 8.19. The third kappa shape index (κ3) is 2.85. The first-order valence-electron chi connectivity index (χ1n) is 7.31. The number of anilines is 1. The zero-order valence-corrected chi connectivity index (χ0v) is 13.0. The zero-order valence-electron chi connectivity index (χ0n) is 12.1. The molecule has 3 nitrogen and oxygen atoms in total. The average molecular weight is 287 g/mol. The molecule has 0 aliphatic heterocycles. The fraction of sp³-hybridized carbons (Fsp3) is 0.500. The molecule has 2 aromatic rings. The van der Waals surface area contributed by atoms with Crippen molar-refractivity contribution in [3.63, 3.8) is 0 Å². The molecule has 0 atom stereocenters. The lowest BCUT2D eigenvalue weighted by Gasteiger charge is -2.34. The summed E-state index contributed by atoms with van der Waals surface area (Å²) in [5.41, 5.74) is 2.58. The van der Waals surface area contributed by atoms with Gasteiger partial charge in [-0.05, 0) is 38.3 Å². The number of hydrogen-bond donors (Lipinski definition) is 1. The molecule has 2 aromatic heterocycles. The minimum Gasteiger partial charge on any atom is -0.364 e. The van der Waals surface area contributed by atoms with Crippen LogP contribution in [0, 0.1) is 6.92 Å². The molecule has 0 amide bonds. The second-order valence-corrected chi connectivity index (χ2v) is 6.83. The summed E-state index contributed by atoms with van der Waals surface area (Å²) in [6, 6.07) is 2.03. The summed E-state index contributed by atoms with van der Waals surface area (Å²) in [7, 11) is 0. The number of nitrogens with one attached hydrogen (secondary N) is 1. The second-order valence-electron chi connectivity index (χ2n) is 5.97. The summed E-state index contributed by atoms with van der Waals surface area (Å²) in [6.45, 7) is 4.43. The lowest BCUT2D eigenvalue weighted by Crippen LogP contribution is -2.36. The third-order valence-corrected chi connectivity index (χ3v) is 5.04. The van der Waals surface area contributed by atoms with Gasteiger partial charge >= 0.3 is 0 Å². The maximum Gasteiger partial charge on any atom is 0.138 e. The first-order chi connectivity index (χ1) is 9.66. The van der Waals surface area contributed by atoms with Crippen LogP contribution in [0.2, 0.25) is 0 Å². The Morgan fingerprint density at radius 1 is 1.25 bits per heavy atom. The van der Waals surface area contributed by atoms with Crippen LogP contribution >= 0.6 is 11.3 Å². The summed E-state index contributed by atoms with van der Waals surface area (Å²) >= 11 is 1.69. The van der Waals surface area contributed by atoms with Gasteiger partial charge in [0.25, 0.3) is 0 Å². The van der Waals surface area contributed by atoms with E-state index in [1.807, 2.05) is 18.5 Å². The van der Waals surface area contributed by atoms with Gasteiger partial charge in [0, 0.05) is 28.9 Å². The molecule has 1 N–H and O–H groups in total. The van der Waals surface area contributed by atoms with Crippen LogP contribution in [0.15, 0.2) is 23.8 Å². The highest BCUT2D eigenvalue weighted by atomic mass is 32.1. The highest BCUT2D eigenvalue weighted by molar-refractivity contribution is 7.13. The lowest BCUT2D eigenvalue weighted by atomic mass is 9.83. The van der Waals surface area contributed by atoms with E-state index in [0.717, 1.165) is 16.4 Å². The number of aryl methyl sites for hydroxylation is 1. The second kappa shape index (κ2) is 5.52. The molecule has 1 aliphatic carbocycles. The zero-order chi connectivity index (χ0) is 14.0. The van der Waals surface area contributed by atoms with Gasteiger partial charge in [-0.1, -0.05) is 19.3 Å². The number of hydrogen-bond acceptors (Lipinski definition) is 4. The van der Waals surface area contributed by atoms with E-state index in [9.17, 15) is 0 Å². The molecule has 1 fully saturated rings. The molecule has 0 bridgehead atoms. The van der Waals surface area contributed by atoms with Gasteiger partial charge in [-0.2, -0.15) is 0 Å². The van der Waals surface area contributed by atoms with E-state index in [2.05, 4.69) is 29.5 Å². The van der Waals surface area contributed by atoms with Crippen molar-refractivity contribution in [2.75, 3.05) is 5.32 Å². The molecule has 0 radical (unpaired) electrons. The Hall–Kier alpha value is -1.42. The highest BCUT2D eigenvalue weighted by Crippen LogP contribution is 2.33. The predicted molar refractivity (Wildman–Crippen MR) is 85.2 cm³/mol. The number of aromatic nitrogens is 2. The van der Waals surface area contributed by atoms with E-state index in [1.54, 1.807) is 11.3 Å². The Labute approximate surface area is 124 Å². The van der Waals surface area contributed by atoms with Crippen LogP contribution in [0.3, 0.4) is 0 Å². The highest BCUT2D eigenvalue weighted by Gasteiger charge is 2.27. The van der Waals surface area contributed by atoms with Crippen molar-refractivity contribution < 1.29 is 0 Å². The molecule has 4 heteroatoms. The molecule has 0 unspecified atom stereocenters. The molecule has 0 aromatic carbocycles. The lowest BCUT2D eigenvalue weighted by molar-refractivity contribution is 0.349. The fourth-order valence-corrected chi connectivity index (χ4v) is 3.74. The van der Waals surface area contributed by atoms with Crippen molar-refractivity contribution in [3.8, 4) is 10.6 Å². The quantitative estimate of drug-likeness (QED) is 0.893. The first kappa shape index (κ1) is 13.6. The van der Waals surface area contributed by atoms with E-state index >= 15 is 0 Å². The summed E-state index contributed by atoms with van der Waals surface area (Å²) in [5, 5.41) is 6.83. The molecule has 1 aliphatic rings. The van der Waals surface area contributed by atoms with Gasteiger partial charge in [0.05, 0.1) is 0 Å². The van der Waals surface area contributed by atoms with Crippen LogP contribution < -0.4 is 5.32 Å². The Kier molecular flexibility index (Phi) is 3.74. The van der Waals surface area contributed by atoms with Crippen molar-refractivity contribution >= 4 is 17.2 Å². The van der Waals surface area contributed by atoms with E-state index in [1.165, 1.54) is 37.7 Å². The SMILES string of the molecule is Cc1ccncc1-c1nc(NC2(C)CCCCC2)cs1. The summed E-state index contributed by atoms with van der Waals surface area (Å²) in [6.07, 6.45) is 10.2. The predicted octanol–water partition coefficient (Wildman–Crippen LogP) is 4.65. The molecule has 2 heterocycles. The largest absolute Gasteiger partial charge is 0.364 e. The van der Waals surface area contributed by atoms with Crippen molar-refractivity contribution in [2.24, 2.45) is 0 Å². The summed E-state index contributed by atoms with van der Waals surface area (Å²) in [5.74, 6) is 1.01. The van der Waals surface area contributed by atoms with Crippen molar-refractivity contribution in [1.82, 2.24) is 9.97 Å². The molecule has 3 rings (SSSR count). The maximum atomic E-state index is 4.75. The number of nitrogens with zero attached hydrogens (tertiary/aromatic N) is 2. The fourth-order valence-electron chi connectivity index (χ4n) is 2.91. The third-order valence-electron chi connectivity index (χ3n) is 4.16. The van der Waals surface area contributed by atoms with E-state index in [4.69, 9.17) is 4.98 Å². The van der Waals surface area contributed by atoms with Crippen LogP contribution in [0.5, 0.6) is 0 Å². The van der Waals surface area contributed by atoms with Crippen molar-refractivity contribution in [1.29, 1.82) is 0 Å². The Morgan fingerprint density at radius 3 is 2.80 bits per heavy atom. The van der Waals surface area contributed by atoms with Gasteiger partial charge < -0.3 is 5.32 Å². The van der Waals surface area contributed by atoms with Gasteiger partial charge in [0.2, 0.25) is 0 Å². The molecular weight excluding hydrogens is 266 g/mol. The maximum absolute atomic E-state index is 4.75. The Morgan fingerprint density at radius 2 is 2.05 bits per heavy atom. The smallest absolute Gasteiger partial charge is 0.138 e. The minimum absolute atomic E-state index is 0.216. The van der Waals surface area contributed by atoms with Gasteiger partial charge in [-0.25, -0.2) is 4.98 Å². The van der Waals surface area contributed by atoms with Gasteiger partial charge in [-0.3, -0.25) is 4.98 Å². The van der Waals surface area contributed by atoms with E-state index in [-0.39, 0.29) is 5.54 Å². The van der Waals surface area contributed by atoms with Gasteiger partial charge in [0.15, 0.2) is 0 Å². The molecule has 1 saturated carbocycles. The average Bonchev–Trinajstić information content (AvgIpc) is 2.87. The molecule has 0 spiro atoms. The molecule has 20 heavy (non-hydrogen) atoms. The number of rotatable bonds is 3. The summed E-state index contributed by atoms with van der Waals surface area (Å²) in [4.78, 5) is 8.95. The topological polar surface area (TPSA) is 37.8 Å². The molecule has 106 valence electrons. The van der Waals surface area contributed by atoms with Crippen LogP contribution in [-0.4, -0.2) is 15.5 Å². The van der Waals surface area contributed by atoms with Crippen molar-refractivity contribution in [3.05, 3.63) is 29.4 Å². The van der Waals surface area contributed by atoms with Gasteiger partial charge in [-0.15, -0.1) is 11.3 Å². The standard InChI is InChI=1S/C16H21N3S/c1-12-6-9-17-10-13(12)15-18-14(11-20-15)19-16(2)7-4-3-5-8-16/h6,9-11,19H,3-5,7-8H2,1-2H3. The minimum atomic E-state index is 0.216. The van der Waals surface area contributed by atoms with Crippen LogP contribution in [0.25, 0.3) is 10.6 Å². The normalized spacial score (nSPS) is 17.9. The van der Waals surface area contributed by atoms with Crippen LogP contribution in [0.1, 0.15) is 44.6 Å². The van der Waals surface area contributed by atoms with Crippen molar-refractivity contribution in [2.45, 2.75) is 51.5 Å². The van der Waals surface area contributed by atoms with Crippen LogP contribution in [0.4, 0.5) is 5.82 Å². The Balaban J connectivity index is 1.79. The van der Waals surface area contributed by atoms with Gasteiger partial charge in [0.1, 0.15) is 10.8 Å². The molecule has 0 saturated heterocycles.